The van der Waals surface area contributed by atoms with E-state index in [2.05, 4.69) is 5.32 Å². The van der Waals surface area contributed by atoms with Gasteiger partial charge in [0.1, 0.15) is 23.5 Å². The van der Waals surface area contributed by atoms with Gasteiger partial charge >= 0.3 is 0 Å². The molecule has 1 aromatic heterocycles. The molecule has 2 N–H and O–H groups in total. The topological polar surface area (TPSA) is 97.6 Å². The summed E-state index contributed by atoms with van der Waals surface area (Å²) < 4.78 is 33.9. The zero-order valence-corrected chi connectivity index (χ0v) is 18.6. The number of ether oxygens (including phenoxy) is 1. The summed E-state index contributed by atoms with van der Waals surface area (Å²) in [5.41, 5.74) is -1.79. The molecule has 0 fully saturated rings. The van der Waals surface area contributed by atoms with Gasteiger partial charge in [0.2, 0.25) is 5.43 Å². The lowest BCUT2D eigenvalue weighted by molar-refractivity contribution is -0.124. The zero-order valence-electron chi connectivity index (χ0n) is 18.6. The van der Waals surface area contributed by atoms with Crippen molar-refractivity contribution in [1.29, 1.82) is 0 Å². The number of aromatic hydroxyl groups is 1. The molecule has 9 heteroatoms. The van der Waals surface area contributed by atoms with Gasteiger partial charge in [0.05, 0.1) is 17.2 Å². The number of aromatic nitrogens is 1. The fourth-order valence-electron chi connectivity index (χ4n) is 3.59. The van der Waals surface area contributed by atoms with Crippen molar-refractivity contribution < 1.29 is 28.2 Å². The number of hydrogen-bond donors (Lipinski definition) is 2. The van der Waals surface area contributed by atoms with E-state index in [1.165, 1.54) is 30.9 Å². The molecule has 0 radical (unpaired) electrons. The molecule has 0 bridgehead atoms. The highest BCUT2D eigenvalue weighted by molar-refractivity contribution is 5.94. The molecule has 2 unspecified atom stereocenters. The molecule has 174 valence electrons. The number of pyridine rings is 1. The van der Waals surface area contributed by atoms with Gasteiger partial charge in [-0.3, -0.25) is 9.59 Å². The molecule has 1 heterocycles. The molecule has 1 amide bonds. The lowest BCUT2D eigenvalue weighted by atomic mass is 9.81. The average molecular weight is 450 g/mol. The van der Waals surface area contributed by atoms with Crippen molar-refractivity contribution in [2.45, 2.75) is 52.8 Å². The number of nitrogens with one attached hydrogen (secondary N) is 1. The largest absolute Gasteiger partial charge is 0.503 e. The Morgan fingerprint density at radius 3 is 2.62 bits per heavy atom. The minimum atomic E-state index is -0.878. The Morgan fingerprint density at radius 1 is 1.38 bits per heavy atom. The molecule has 32 heavy (non-hydrogen) atoms. The van der Waals surface area contributed by atoms with Gasteiger partial charge in [0, 0.05) is 38.0 Å². The average Bonchev–Trinajstić information content (AvgIpc) is 2.76. The molecular formula is C23H28F2N2O5. The van der Waals surface area contributed by atoms with Crippen LogP contribution in [0.2, 0.25) is 0 Å². The third kappa shape index (κ3) is 5.40. The molecule has 2 rings (SSSR count). The van der Waals surface area contributed by atoms with Gasteiger partial charge < -0.3 is 24.5 Å². The second-order valence-corrected chi connectivity index (χ2v) is 7.97. The molecule has 0 spiro atoms. The van der Waals surface area contributed by atoms with Crippen LogP contribution in [0.3, 0.4) is 0 Å². The van der Waals surface area contributed by atoms with Crippen molar-refractivity contribution in [2.75, 3.05) is 7.11 Å². The minimum Gasteiger partial charge on any atom is -0.503 e. The number of carbonyl (C=O) groups is 2. The minimum absolute atomic E-state index is 0.0390. The Morgan fingerprint density at radius 2 is 2.06 bits per heavy atom. The summed E-state index contributed by atoms with van der Waals surface area (Å²) in [6.07, 6.45) is 2.84. The van der Waals surface area contributed by atoms with E-state index < -0.39 is 40.2 Å². The van der Waals surface area contributed by atoms with Crippen molar-refractivity contribution in [3.63, 3.8) is 0 Å². The number of rotatable bonds is 10. The normalized spacial score (nSPS) is 13.9. The van der Waals surface area contributed by atoms with E-state index >= 15 is 0 Å². The van der Waals surface area contributed by atoms with Gasteiger partial charge in [-0.05, 0) is 19.4 Å². The Bertz CT molecular complexity index is 1050. The molecule has 0 aliphatic carbocycles. The maximum absolute atomic E-state index is 13.8. The lowest BCUT2D eigenvalue weighted by Crippen LogP contribution is -2.39. The summed E-state index contributed by atoms with van der Waals surface area (Å²) in [4.78, 5) is 36.9. The number of amides is 1. The van der Waals surface area contributed by atoms with Gasteiger partial charge in [0.15, 0.2) is 5.75 Å². The fourth-order valence-corrected chi connectivity index (χ4v) is 3.59. The van der Waals surface area contributed by atoms with Gasteiger partial charge in [-0.1, -0.05) is 26.3 Å². The maximum Gasteiger partial charge on any atom is 0.257 e. The van der Waals surface area contributed by atoms with E-state index in [1.54, 1.807) is 6.92 Å². The summed E-state index contributed by atoms with van der Waals surface area (Å²) in [5, 5.41) is 12.7. The highest BCUT2D eigenvalue weighted by Crippen LogP contribution is 2.29. The molecule has 0 aliphatic rings. The van der Waals surface area contributed by atoms with Crippen LogP contribution in [-0.4, -0.2) is 35.1 Å². The van der Waals surface area contributed by atoms with Crippen LogP contribution in [-0.2, 0) is 22.6 Å². The van der Waals surface area contributed by atoms with Crippen LogP contribution >= 0.6 is 0 Å². The molecule has 1 aromatic carbocycles. The van der Waals surface area contributed by atoms with Crippen molar-refractivity contribution in [1.82, 2.24) is 9.88 Å². The Hall–Kier alpha value is -3.07. The van der Waals surface area contributed by atoms with Crippen molar-refractivity contribution in [3.8, 4) is 5.75 Å². The number of hydrogen-bond acceptors (Lipinski definition) is 5. The first-order valence-electron chi connectivity index (χ1n) is 10.2. The Kier molecular flexibility index (Phi) is 8.26. The van der Waals surface area contributed by atoms with Crippen LogP contribution in [0.15, 0.2) is 29.2 Å². The predicted molar refractivity (Wildman–Crippen MR) is 115 cm³/mol. The molecule has 0 saturated carbocycles. The maximum atomic E-state index is 13.8. The number of aldehydes is 1. The third-order valence-corrected chi connectivity index (χ3v) is 5.66. The van der Waals surface area contributed by atoms with Crippen LogP contribution in [0.4, 0.5) is 8.78 Å². The molecule has 2 aromatic rings. The number of methoxy groups -OCH3 is 1. The van der Waals surface area contributed by atoms with Crippen LogP contribution in [0.1, 0.15) is 48.3 Å². The van der Waals surface area contributed by atoms with Crippen LogP contribution in [0.25, 0.3) is 0 Å². The Balaban J connectivity index is 2.34. The summed E-state index contributed by atoms with van der Waals surface area (Å²) in [7, 11) is 1.46. The van der Waals surface area contributed by atoms with E-state index in [0.717, 1.165) is 18.8 Å². The lowest BCUT2D eigenvalue weighted by Gasteiger charge is -2.33. The summed E-state index contributed by atoms with van der Waals surface area (Å²) in [6.45, 7) is 5.05. The monoisotopic (exact) mass is 450 g/mol. The van der Waals surface area contributed by atoms with E-state index in [4.69, 9.17) is 4.74 Å². The second kappa shape index (κ2) is 10.5. The first kappa shape index (κ1) is 25.2. The van der Waals surface area contributed by atoms with E-state index in [0.29, 0.717) is 12.5 Å². The first-order chi connectivity index (χ1) is 15.1. The van der Waals surface area contributed by atoms with Crippen LogP contribution in [0.5, 0.6) is 5.75 Å². The highest BCUT2D eigenvalue weighted by atomic mass is 19.1. The summed E-state index contributed by atoms with van der Waals surface area (Å²) >= 11 is 0. The third-order valence-electron chi connectivity index (χ3n) is 5.66. The van der Waals surface area contributed by atoms with Crippen molar-refractivity contribution in [2.24, 2.45) is 5.41 Å². The van der Waals surface area contributed by atoms with Crippen molar-refractivity contribution >= 4 is 12.2 Å². The van der Waals surface area contributed by atoms with E-state index in [1.807, 2.05) is 6.92 Å². The second-order valence-electron chi connectivity index (χ2n) is 7.97. The summed E-state index contributed by atoms with van der Waals surface area (Å²) in [6, 6.07) is 2.94. The number of halogens is 2. The first-order valence-corrected chi connectivity index (χ1v) is 10.2. The number of benzene rings is 1. The van der Waals surface area contributed by atoms with Gasteiger partial charge in [-0.2, -0.15) is 0 Å². The van der Waals surface area contributed by atoms with E-state index in [9.17, 15) is 28.3 Å². The van der Waals surface area contributed by atoms with E-state index in [-0.39, 0.29) is 29.9 Å². The highest BCUT2D eigenvalue weighted by Gasteiger charge is 2.34. The van der Waals surface area contributed by atoms with Gasteiger partial charge in [0.25, 0.3) is 5.91 Å². The fraction of sp³-hybridized carbons (Fsp3) is 0.435. The number of nitrogens with zero attached hydrogens (tertiary/aromatic N) is 1. The van der Waals surface area contributed by atoms with Gasteiger partial charge in [-0.15, -0.1) is 0 Å². The van der Waals surface area contributed by atoms with Crippen LogP contribution in [0, 0.1) is 24.0 Å². The summed E-state index contributed by atoms with van der Waals surface area (Å²) in [5.74, 6) is -3.02. The predicted octanol–water partition coefficient (Wildman–Crippen LogP) is 3.09. The molecule has 0 saturated heterocycles. The SMILES string of the molecule is CCCC(C)(C=O)C(Cn1cc(C(=O)NCc2ccc(F)cc2F)c(=O)c(O)c1C)OC. The zero-order chi connectivity index (χ0) is 24.1. The smallest absolute Gasteiger partial charge is 0.257 e. The molecular weight excluding hydrogens is 422 g/mol. The van der Waals surface area contributed by atoms with Crippen molar-refractivity contribution in [3.05, 3.63) is 63.1 Å². The quantitative estimate of drug-likeness (QED) is 0.542. The Labute approximate surface area is 185 Å². The standard InChI is InChI=1S/C23H28F2N2O5/c1-5-8-23(3,13-28)19(32-4)12-27-11-17(21(30)20(29)14(27)2)22(31)26-10-15-6-7-16(24)9-18(15)25/h6-7,9,11,13,19,29H,5,8,10,12H2,1-4H3,(H,26,31). The van der Waals surface area contributed by atoms with Gasteiger partial charge in [-0.25, -0.2) is 8.78 Å². The molecule has 2 atom stereocenters. The van der Waals surface area contributed by atoms with Crippen LogP contribution < -0.4 is 10.7 Å². The molecule has 7 nitrogen and oxygen atoms in total. The molecule has 0 aliphatic heterocycles. The number of carbonyl (C=O) groups excluding carboxylic acids is 2.